The lowest BCUT2D eigenvalue weighted by molar-refractivity contribution is -0.116. The number of hydrogen-bond donors (Lipinski definition) is 2. The second-order valence-electron chi connectivity index (χ2n) is 9.51. The van der Waals surface area contributed by atoms with Crippen LogP contribution < -0.4 is 20.1 Å². The Kier molecular flexibility index (Phi) is 5.75. The van der Waals surface area contributed by atoms with Gasteiger partial charge in [-0.1, -0.05) is 42.5 Å². The third-order valence-corrected chi connectivity index (χ3v) is 7.16. The van der Waals surface area contributed by atoms with E-state index in [0.717, 1.165) is 16.8 Å². The molecule has 1 aliphatic carbocycles. The molecule has 0 radical (unpaired) electrons. The Morgan fingerprint density at radius 1 is 0.946 bits per heavy atom. The van der Waals surface area contributed by atoms with E-state index in [1.165, 1.54) is 18.2 Å². The van der Waals surface area contributed by atoms with Crippen LogP contribution in [0.15, 0.2) is 95.3 Å². The molecule has 37 heavy (non-hydrogen) atoms. The number of amides is 1. The SMILES string of the molecule is CC1=C(C(=O)Nc2cccc(F)c2)C(c2ccc3c(c2)OCO3)C2=C(CC(c3ccccc3)CC2=O)N1. The van der Waals surface area contributed by atoms with E-state index in [9.17, 15) is 14.0 Å². The summed E-state index contributed by atoms with van der Waals surface area (Å²) in [5.74, 6) is -0.214. The Hall–Kier alpha value is -4.39. The molecule has 2 unspecified atom stereocenters. The van der Waals surface area contributed by atoms with Gasteiger partial charge in [0.25, 0.3) is 5.91 Å². The van der Waals surface area contributed by atoms with Gasteiger partial charge < -0.3 is 20.1 Å². The number of halogens is 1. The lowest BCUT2D eigenvalue weighted by atomic mass is 9.71. The Morgan fingerprint density at radius 2 is 1.76 bits per heavy atom. The number of Topliss-reactive ketones (excluding diaryl/α,β-unsaturated/α-hetero) is 1. The van der Waals surface area contributed by atoms with Crippen LogP contribution in [0.1, 0.15) is 42.7 Å². The van der Waals surface area contributed by atoms with Crippen LogP contribution >= 0.6 is 0 Å². The number of carbonyl (C=O) groups excluding carboxylic acids is 2. The van der Waals surface area contributed by atoms with Gasteiger partial charge in [0.1, 0.15) is 5.82 Å². The molecule has 3 aromatic carbocycles. The van der Waals surface area contributed by atoms with Crippen molar-refractivity contribution in [2.24, 2.45) is 0 Å². The van der Waals surface area contributed by atoms with Crippen LogP contribution in [0.25, 0.3) is 0 Å². The standard InChI is InChI=1S/C30H25FN2O4/c1-17-27(30(35)33-22-9-5-8-21(31)15-22)28(19-10-11-25-26(14-19)37-16-36-25)29-23(32-17)12-20(13-24(29)34)18-6-3-2-4-7-18/h2-11,14-15,20,28,32H,12-13,16H2,1H3,(H,33,35). The maximum Gasteiger partial charge on any atom is 0.254 e. The summed E-state index contributed by atoms with van der Waals surface area (Å²) in [7, 11) is 0. The molecule has 0 aromatic heterocycles. The number of rotatable bonds is 4. The molecule has 0 bridgehead atoms. The van der Waals surface area contributed by atoms with Crippen LogP contribution in [0.2, 0.25) is 0 Å². The molecule has 3 aromatic rings. The topological polar surface area (TPSA) is 76.7 Å². The fourth-order valence-electron chi connectivity index (χ4n) is 5.49. The highest BCUT2D eigenvalue weighted by Crippen LogP contribution is 2.47. The van der Waals surface area contributed by atoms with Crippen molar-refractivity contribution < 1.29 is 23.5 Å². The van der Waals surface area contributed by atoms with Crippen LogP contribution in [-0.4, -0.2) is 18.5 Å². The van der Waals surface area contributed by atoms with Crippen molar-refractivity contribution in [2.75, 3.05) is 12.1 Å². The molecule has 7 heteroatoms. The first-order chi connectivity index (χ1) is 18.0. The monoisotopic (exact) mass is 496 g/mol. The minimum absolute atomic E-state index is 0.00572. The van der Waals surface area contributed by atoms with Gasteiger partial charge in [-0.25, -0.2) is 4.39 Å². The fraction of sp³-hybridized carbons (Fsp3) is 0.200. The van der Waals surface area contributed by atoms with E-state index in [2.05, 4.69) is 10.6 Å². The van der Waals surface area contributed by atoms with E-state index < -0.39 is 17.6 Å². The molecule has 186 valence electrons. The molecule has 2 heterocycles. The van der Waals surface area contributed by atoms with Gasteiger partial charge in [0.2, 0.25) is 6.79 Å². The Balaban J connectivity index is 1.43. The van der Waals surface area contributed by atoms with E-state index in [4.69, 9.17) is 9.47 Å². The molecular weight excluding hydrogens is 471 g/mol. The van der Waals surface area contributed by atoms with Gasteiger partial charge in [-0.2, -0.15) is 0 Å². The van der Waals surface area contributed by atoms with E-state index in [1.54, 1.807) is 12.1 Å². The highest BCUT2D eigenvalue weighted by Gasteiger charge is 2.41. The number of fused-ring (bicyclic) bond motifs is 1. The molecule has 0 fully saturated rings. The van der Waals surface area contributed by atoms with Gasteiger partial charge in [0.15, 0.2) is 17.3 Å². The van der Waals surface area contributed by atoms with Gasteiger partial charge in [-0.3, -0.25) is 9.59 Å². The van der Waals surface area contributed by atoms with E-state index in [0.29, 0.717) is 46.9 Å². The van der Waals surface area contributed by atoms with E-state index in [-0.39, 0.29) is 18.5 Å². The number of carbonyl (C=O) groups is 2. The molecule has 0 spiro atoms. The zero-order valence-corrected chi connectivity index (χ0v) is 20.2. The zero-order valence-electron chi connectivity index (χ0n) is 20.2. The highest BCUT2D eigenvalue weighted by molar-refractivity contribution is 6.10. The van der Waals surface area contributed by atoms with Crippen LogP contribution in [0.3, 0.4) is 0 Å². The third-order valence-electron chi connectivity index (χ3n) is 7.16. The molecule has 0 saturated heterocycles. The summed E-state index contributed by atoms with van der Waals surface area (Å²) in [6.45, 7) is 1.96. The number of benzene rings is 3. The molecule has 6 rings (SSSR count). The quantitative estimate of drug-likeness (QED) is 0.495. The number of anilines is 1. The second kappa shape index (κ2) is 9.24. The Labute approximate surface area is 213 Å². The molecular formula is C30H25FN2O4. The number of ether oxygens (including phenoxy) is 2. The minimum atomic E-state index is -0.608. The smallest absolute Gasteiger partial charge is 0.254 e. The fourth-order valence-corrected chi connectivity index (χ4v) is 5.49. The van der Waals surface area contributed by atoms with Gasteiger partial charge in [0, 0.05) is 40.6 Å². The van der Waals surface area contributed by atoms with Gasteiger partial charge in [-0.15, -0.1) is 0 Å². The molecule has 2 N–H and O–H groups in total. The van der Waals surface area contributed by atoms with Crippen molar-refractivity contribution in [3.63, 3.8) is 0 Å². The summed E-state index contributed by atoms with van der Waals surface area (Å²) in [6.07, 6.45) is 1.01. The number of hydrogen-bond acceptors (Lipinski definition) is 5. The summed E-state index contributed by atoms with van der Waals surface area (Å²) >= 11 is 0. The van der Waals surface area contributed by atoms with Crippen molar-refractivity contribution >= 4 is 17.4 Å². The average molecular weight is 497 g/mol. The summed E-state index contributed by atoms with van der Waals surface area (Å²) in [5, 5.41) is 6.19. The molecule has 6 nitrogen and oxygen atoms in total. The zero-order chi connectivity index (χ0) is 25.5. The van der Waals surface area contributed by atoms with Gasteiger partial charge >= 0.3 is 0 Å². The number of allylic oxidation sites excluding steroid dienone is 3. The molecule has 0 saturated carbocycles. The predicted octanol–water partition coefficient (Wildman–Crippen LogP) is 5.55. The van der Waals surface area contributed by atoms with Gasteiger partial charge in [0.05, 0.1) is 0 Å². The Morgan fingerprint density at radius 3 is 2.57 bits per heavy atom. The number of nitrogens with one attached hydrogen (secondary N) is 2. The lowest BCUT2D eigenvalue weighted by Gasteiger charge is -2.37. The van der Waals surface area contributed by atoms with E-state index in [1.807, 2.05) is 49.4 Å². The minimum Gasteiger partial charge on any atom is -0.454 e. The summed E-state index contributed by atoms with van der Waals surface area (Å²) < 4.78 is 24.9. The number of dihydropyridines is 1. The maximum atomic E-state index is 13.8. The molecule has 2 aliphatic heterocycles. The summed E-state index contributed by atoms with van der Waals surface area (Å²) in [5.41, 5.74) is 4.68. The van der Waals surface area contributed by atoms with Crippen molar-refractivity contribution in [2.45, 2.75) is 31.6 Å². The second-order valence-corrected chi connectivity index (χ2v) is 9.51. The summed E-state index contributed by atoms with van der Waals surface area (Å²) in [4.78, 5) is 27.4. The molecule has 2 atom stereocenters. The number of ketones is 1. The summed E-state index contributed by atoms with van der Waals surface area (Å²) in [6, 6.07) is 21.3. The first-order valence-corrected chi connectivity index (χ1v) is 12.2. The van der Waals surface area contributed by atoms with Crippen LogP contribution in [-0.2, 0) is 9.59 Å². The van der Waals surface area contributed by atoms with E-state index >= 15 is 0 Å². The normalized spacial score (nSPS) is 20.4. The first kappa shape index (κ1) is 23.0. The van der Waals surface area contributed by atoms with Crippen LogP contribution in [0.5, 0.6) is 11.5 Å². The van der Waals surface area contributed by atoms with Gasteiger partial charge in [-0.05, 0) is 60.7 Å². The lowest BCUT2D eigenvalue weighted by Crippen LogP contribution is -2.37. The third kappa shape index (κ3) is 4.27. The first-order valence-electron chi connectivity index (χ1n) is 12.2. The highest BCUT2D eigenvalue weighted by atomic mass is 19.1. The van der Waals surface area contributed by atoms with Crippen LogP contribution in [0, 0.1) is 5.82 Å². The van der Waals surface area contributed by atoms with Crippen LogP contribution in [0.4, 0.5) is 10.1 Å². The molecule has 1 amide bonds. The predicted molar refractivity (Wildman–Crippen MR) is 137 cm³/mol. The van der Waals surface area contributed by atoms with Crippen molar-refractivity contribution in [3.05, 3.63) is 112 Å². The van der Waals surface area contributed by atoms with Crippen molar-refractivity contribution in [1.29, 1.82) is 0 Å². The Bertz CT molecular complexity index is 1480. The average Bonchev–Trinajstić information content (AvgIpc) is 3.36. The largest absolute Gasteiger partial charge is 0.454 e. The van der Waals surface area contributed by atoms with Crippen molar-refractivity contribution in [1.82, 2.24) is 5.32 Å². The maximum absolute atomic E-state index is 13.8. The van der Waals surface area contributed by atoms with Crippen molar-refractivity contribution in [3.8, 4) is 11.5 Å². The molecule has 3 aliphatic rings.